The van der Waals surface area contributed by atoms with Crippen LogP contribution in [0, 0.1) is 6.92 Å². The Kier molecular flexibility index (Phi) is 4.62. The highest BCUT2D eigenvalue weighted by Gasteiger charge is 2.13. The number of aryl methyl sites for hydroxylation is 1. The Morgan fingerprint density at radius 3 is 2.61 bits per heavy atom. The Morgan fingerprint density at radius 2 is 1.91 bits per heavy atom. The van der Waals surface area contributed by atoms with E-state index in [4.69, 9.17) is 4.42 Å². The van der Waals surface area contributed by atoms with Crippen LogP contribution in [-0.4, -0.2) is 33.6 Å². The van der Waals surface area contributed by atoms with Crippen LogP contribution in [0.15, 0.2) is 52.1 Å². The summed E-state index contributed by atoms with van der Waals surface area (Å²) in [5.41, 5.74) is 2.56. The number of hydrogen-bond acceptors (Lipinski definition) is 5. The van der Waals surface area contributed by atoms with E-state index in [9.17, 15) is 4.79 Å². The van der Waals surface area contributed by atoms with Crippen molar-refractivity contribution in [3.8, 4) is 0 Å². The van der Waals surface area contributed by atoms with Gasteiger partial charge in [0.1, 0.15) is 10.8 Å². The number of carbonyl (C=O) groups excluding carboxylic acids is 1. The molecule has 0 spiro atoms. The second kappa shape index (κ2) is 6.83. The summed E-state index contributed by atoms with van der Waals surface area (Å²) in [7, 11) is 1.77. The fourth-order valence-electron chi connectivity index (χ4n) is 2.17. The van der Waals surface area contributed by atoms with Crippen LogP contribution in [0.3, 0.4) is 0 Å². The van der Waals surface area contributed by atoms with E-state index in [0.717, 1.165) is 27.5 Å². The van der Waals surface area contributed by atoms with Crippen molar-refractivity contribution in [2.75, 3.05) is 12.8 Å². The third-order valence-corrected chi connectivity index (χ3v) is 4.48. The number of para-hydroxylation sites is 2. The maximum atomic E-state index is 12.2. The molecule has 0 saturated heterocycles. The summed E-state index contributed by atoms with van der Waals surface area (Å²) in [5.74, 6) is 1.12. The molecule has 3 rings (SSSR count). The van der Waals surface area contributed by atoms with Crippen molar-refractivity contribution in [3.63, 3.8) is 0 Å². The van der Waals surface area contributed by atoms with Crippen LogP contribution in [0.25, 0.3) is 11.0 Å². The zero-order valence-electron chi connectivity index (χ0n) is 13.0. The number of amides is 1. The van der Waals surface area contributed by atoms with Crippen LogP contribution in [0.2, 0.25) is 0 Å². The van der Waals surface area contributed by atoms with Crippen LogP contribution in [0.5, 0.6) is 0 Å². The molecule has 0 fully saturated rings. The number of carbonyl (C=O) groups is 1. The maximum absolute atomic E-state index is 12.2. The van der Waals surface area contributed by atoms with E-state index < -0.39 is 0 Å². The Hall–Kier alpha value is -2.34. The fourth-order valence-corrected chi connectivity index (χ4v) is 3.07. The fraction of sp³-hybridized carbons (Fsp3) is 0.235. The Labute approximate surface area is 138 Å². The zero-order chi connectivity index (χ0) is 16.2. The lowest BCUT2D eigenvalue weighted by Gasteiger charge is -2.15. The second-order valence-corrected chi connectivity index (χ2v) is 6.18. The first-order chi connectivity index (χ1) is 11.1. The van der Waals surface area contributed by atoms with Gasteiger partial charge in [0.2, 0.25) is 5.91 Å². The van der Waals surface area contributed by atoms with Gasteiger partial charge in [-0.3, -0.25) is 4.79 Å². The number of hydrogen-bond donors (Lipinski definition) is 0. The molecule has 2 heterocycles. The first-order valence-electron chi connectivity index (χ1n) is 7.26. The lowest BCUT2D eigenvalue weighted by atomic mass is 10.3. The summed E-state index contributed by atoms with van der Waals surface area (Å²) in [4.78, 5) is 23.0. The summed E-state index contributed by atoms with van der Waals surface area (Å²) < 4.78 is 5.26. The molecule has 1 amide bonds. The minimum absolute atomic E-state index is 0.0285. The minimum Gasteiger partial charge on any atom is -0.467 e. The molecule has 6 heteroatoms. The minimum atomic E-state index is 0.0285. The van der Waals surface area contributed by atoms with Crippen molar-refractivity contribution in [2.24, 2.45) is 0 Å². The van der Waals surface area contributed by atoms with Crippen LogP contribution in [-0.2, 0) is 11.3 Å². The smallest absolute Gasteiger partial charge is 0.233 e. The lowest BCUT2D eigenvalue weighted by molar-refractivity contribution is -0.127. The number of benzene rings is 1. The molecule has 5 nitrogen and oxygen atoms in total. The van der Waals surface area contributed by atoms with E-state index >= 15 is 0 Å². The van der Waals surface area contributed by atoms with Crippen molar-refractivity contribution >= 4 is 28.7 Å². The highest BCUT2D eigenvalue weighted by atomic mass is 32.2. The number of fused-ring (bicyclic) bond motifs is 1. The van der Waals surface area contributed by atoms with Crippen molar-refractivity contribution in [1.82, 2.24) is 14.9 Å². The summed E-state index contributed by atoms with van der Waals surface area (Å²) in [6.45, 7) is 2.38. The van der Waals surface area contributed by atoms with E-state index in [2.05, 4.69) is 9.97 Å². The Balaban J connectivity index is 1.65. The van der Waals surface area contributed by atoms with E-state index in [1.165, 1.54) is 11.8 Å². The number of furan rings is 1. The number of thioether (sulfide) groups is 1. The molecule has 0 radical (unpaired) electrons. The predicted molar refractivity (Wildman–Crippen MR) is 90.2 cm³/mol. The van der Waals surface area contributed by atoms with E-state index in [-0.39, 0.29) is 5.91 Å². The summed E-state index contributed by atoms with van der Waals surface area (Å²) in [6.07, 6.45) is 1.61. The SMILES string of the molecule is Cc1nc2ccccc2nc1SCC(=O)N(C)Cc1ccco1. The highest BCUT2D eigenvalue weighted by molar-refractivity contribution is 7.99. The lowest BCUT2D eigenvalue weighted by Crippen LogP contribution is -2.27. The normalized spacial score (nSPS) is 10.9. The number of aromatic nitrogens is 2. The van der Waals surface area contributed by atoms with Gasteiger partial charge in [-0.05, 0) is 31.2 Å². The molecular formula is C17H17N3O2S. The number of nitrogens with zero attached hydrogens (tertiary/aromatic N) is 3. The van der Waals surface area contributed by atoms with Gasteiger partial charge in [-0.25, -0.2) is 9.97 Å². The molecule has 0 unspecified atom stereocenters. The summed E-state index contributed by atoms with van der Waals surface area (Å²) in [6, 6.07) is 11.4. The Morgan fingerprint density at radius 1 is 1.17 bits per heavy atom. The Bertz CT molecular complexity index is 818. The molecule has 0 atom stereocenters. The van der Waals surface area contributed by atoms with Gasteiger partial charge < -0.3 is 9.32 Å². The second-order valence-electron chi connectivity index (χ2n) is 5.22. The molecular weight excluding hydrogens is 310 g/mol. The van der Waals surface area contributed by atoms with Gasteiger partial charge in [0.05, 0.1) is 35.3 Å². The third kappa shape index (κ3) is 3.71. The van der Waals surface area contributed by atoms with Gasteiger partial charge >= 0.3 is 0 Å². The molecule has 0 N–H and O–H groups in total. The summed E-state index contributed by atoms with van der Waals surface area (Å²) >= 11 is 1.42. The quantitative estimate of drug-likeness (QED) is 0.673. The highest BCUT2D eigenvalue weighted by Crippen LogP contribution is 2.22. The molecule has 0 bridgehead atoms. The van der Waals surface area contributed by atoms with E-state index in [1.54, 1.807) is 18.2 Å². The molecule has 0 saturated carbocycles. The first kappa shape index (κ1) is 15.6. The molecule has 0 aliphatic rings. The zero-order valence-corrected chi connectivity index (χ0v) is 13.8. The summed E-state index contributed by atoms with van der Waals surface area (Å²) in [5, 5.41) is 0.795. The van der Waals surface area contributed by atoms with E-state index in [0.29, 0.717) is 12.3 Å². The van der Waals surface area contributed by atoms with Gasteiger partial charge in [0, 0.05) is 7.05 Å². The van der Waals surface area contributed by atoms with E-state index in [1.807, 2.05) is 43.3 Å². The van der Waals surface area contributed by atoms with Crippen molar-refractivity contribution < 1.29 is 9.21 Å². The van der Waals surface area contributed by atoms with Gasteiger partial charge in [-0.2, -0.15) is 0 Å². The molecule has 1 aromatic carbocycles. The molecule has 0 aliphatic heterocycles. The van der Waals surface area contributed by atoms with Crippen LogP contribution >= 0.6 is 11.8 Å². The average Bonchev–Trinajstić information content (AvgIpc) is 3.05. The molecule has 0 aliphatic carbocycles. The number of rotatable bonds is 5. The molecule has 3 aromatic rings. The first-order valence-corrected chi connectivity index (χ1v) is 8.24. The van der Waals surface area contributed by atoms with Crippen LogP contribution < -0.4 is 0 Å². The van der Waals surface area contributed by atoms with Gasteiger partial charge in [-0.15, -0.1) is 0 Å². The van der Waals surface area contributed by atoms with Gasteiger partial charge in [0.15, 0.2) is 0 Å². The largest absolute Gasteiger partial charge is 0.467 e. The third-order valence-electron chi connectivity index (χ3n) is 3.43. The molecule has 23 heavy (non-hydrogen) atoms. The van der Waals surface area contributed by atoms with Crippen molar-refractivity contribution in [2.45, 2.75) is 18.5 Å². The molecule has 2 aromatic heterocycles. The maximum Gasteiger partial charge on any atom is 0.233 e. The predicted octanol–water partition coefficient (Wildman–Crippen LogP) is 3.28. The molecule has 118 valence electrons. The van der Waals surface area contributed by atoms with Crippen LogP contribution in [0.1, 0.15) is 11.5 Å². The average molecular weight is 327 g/mol. The van der Waals surface area contributed by atoms with Gasteiger partial charge in [0.25, 0.3) is 0 Å². The monoisotopic (exact) mass is 327 g/mol. The van der Waals surface area contributed by atoms with Crippen molar-refractivity contribution in [1.29, 1.82) is 0 Å². The standard InChI is InChI=1S/C17H17N3O2S/c1-12-17(19-15-8-4-3-7-14(15)18-12)23-11-16(21)20(2)10-13-6-5-9-22-13/h3-9H,10-11H2,1-2H3. The van der Waals surface area contributed by atoms with Crippen molar-refractivity contribution in [3.05, 3.63) is 54.1 Å². The topological polar surface area (TPSA) is 59.2 Å². The van der Waals surface area contributed by atoms with Crippen LogP contribution in [0.4, 0.5) is 0 Å². The van der Waals surface area contributed by atoms with Gasteiger partial charge in [-0.1, -0.05) is 23.9 Å².